The van der Waals surface area contributed by atoms with Crippen molar-refractivity contribution < 1.29 is 19.4 Å². The van der Waals surface area contributed by atoms with Gasteiger partial charge in [-0.1, -0.05) is 0 Å². The zero-order valence-electron chi connectivity index (χ0n) is 13.6. The molecule has 2 N–H and O–H groups in total. The number of fused-ring (bicyclic) bond motifs is 1. The van der Waals surface area contributed by atoms with Gasteiger partial charge in [-0.15, -0.1) is 0 Å². The minimum atomic E-state index is -1.12. The first-order valence-electron chi connectivity index (χ1n) is 7.54. The Bertz CT molecular complexity index is 941. The van der Waals surface area contributed by atoms with Crippen molar-refractivity contribution in [1.29, 1.82) is 0 Å². The molecule has 3 aromatic heterocycles. The molecule has 0 aliphatic carbocycles. The van der Waals surface area contributed by atoms with Gasteiger partial charge in [0.15, 0.2) is 5.65 Å². The van der Waals surface area contributed by atoms with Gasteiger partial charge in [0, 0.05) is 17.8 Å². The number of pyridine rings is 1. The van der Waals surface area contributed by atoms with Crippen molar-refractivity contribution in [1.82, 2.24) is 19.6 Å². The van der Waals surface area contributed by atoms with Crippen LogP contribution in [0, 0.1) is 5.82 Å². The number of hydrogen-bond acceptors (Lipinski definition) is 6. The first kappa shape index (κ1) is 16.6. The summed E-state index contributed by atoms with van der Waals surface area (Å²) in [5.74, 6) is -1.45. The van der Waals surface area contributed by atoms with E-state index >= 15 is 0 Å². The van der Waals surface area contributed by atoms with Gasteiger partial charge in [0.25, 0.3) is 0 Å². The van der Waals surface area contributed by atoms with E-state index in [1.54, 1.807) is 17.2 Å². The van der Waals surface area contributed by atoms with Crippen LogP contribution < -0.4 is 4.90 Å². The third-order valence-electron chi connectivity index (χ3n) is 3.75. The molecule has 0 saturated carbocycles. The molecule has 0 unspecified atom stereocenters. The Hall–Kier alpha value is -3.23. The van der Waals surface area contributed by atoms with Crippen molar-refractivity contribution in [3.8, 4) is 5.88 Å². The number of carboxylic acids is 1. The summed E-state index contributed by atoms with van der Waals surface area (Å²) in [6.45, 7) is 3.97. The lowest BCUT2D eigenvalue weighted by molar-refractivity contribution is 0.0698. The van der Waals surface area contributed by atoms with Crippen molar-refractivity contribution in [3.05, 3.63) is 47.7 Å². The molecule has 3 rings (SSSR count). The SMILES string of the molecule is CC(C)N(Cc1cc(F)cnc1O)c1ccn2ncc(C(=O)O)c2n1. The van der Waals surface area contributed by atoms with Gasteiger partial charge in [0.1, 0.15) is 17.2 Å². The average molecular weight is 345 g/mol. The minimum Gasteiger partial charge on any atom is -0.493 e. The number of hydrogen-bond donors (Lipinski definition) is 2. The lowest BCUT2D eigenvalue weighted by Gasteiger charge is -2.28. The number of aromatic nitrogens is 4. The fraction of sp³-hybridized carbons (Fsp3) is 0.250. The smallest absolute Gasteiger partial charge is 0.341 e. The highest BCUT2D eigenvalue weighted by atomic mass is 19.1. The number of nitrogens with zero attached hydrogens (tertiary/aromatic N) is 5. The van der Waals surface area contributed by atoms with E-state index in [9.17, 15) is 19.4 Å². The van der Waals surface area contributed by atoms with Gasteiger partial charge in [-0.05, 0) is 26.0 Å². The van der Waals surface area contributed by atoms with Gasteiger partial charge in [-0.2, -0.15) is 5.10 Å². The van der Waals surface area contributed by atoms with Crippen molar-refractivity contribution >= 4 is 17.4 Å². The van der Waals surface area contributed by atoms with E-state index in [4.69, 9.17) is 0 Å². The number of anilines is 1. The molecule has 0 amide bonds. The van der Waals surface area contributed by atoms with Gasteiger partial charge < -0.3 is 15.1 Å². The summed E-state index contributed by atoms with van der Waals surface area (Å²) in [4.78, 5) is 21.1. The molecule has 3 heterocycles. The quantitative estimate of drug-likeness (QED) is 0.729. The maximum atomic E-state index is 13.4. The molecule has 0 atom stereocenters. The van der Waals surface area contributed by atoms with Gasteiger partial charge in [-0.25, -0.2) is 23.7 Å². The Labute approximate surface area is 142 Å². The lowest BCUT2D eigenvalue weighted by atomic mass is 10.2. The van der Waals surface area contributed by atoms with E-state index in [0.717, 1.165) is 6.20 Å². The number of carbonyl (C=O) groups is 1. The monoisotopic (exact) mass is 345 g/mol. The highest BCUT2D eigenvalue weighted by Crippen LogP contribution is 2.23. The Morgan fingerprint density at radius 3 is 2.84 bits per heavy atom. The molecular formula is C16H16FN5O3. The molecule has 8 nitrogen and oxygen atoms in total. The molecule has 0 saturated heterocycles. The van der Waals surface area contributed by atoms with Crippen molar-refractivity contribution in [3.63, 3.8) is 0 Å². The van der Waals surface area contributed by atoms with E-state index < -0.39 is 11.8 Å². The van der Waals surface area contributed by atoms with Crippen LogP contribution in [0.3, 0.4) is 0 Å². The Morgan fingerprint density at radius 1 is 1.40 bits per heavy atom. The molecule has 0 spiro atoms. The average Bonchev–Trinajstić information content (AvgIpc) is 2.98. The summed E-state index contributed by atoms with van der Waals surface area (Å²) in [5.41, 5.74) is 0.500. The summed E-state index contributed by atoms with van der Waals surface area (Å²) < 4.78 is 14.8. The van der Waals surface area contributed by atoms with Gasteiger partial charge in [-0.3, -0.25) is 0 Å². The van der Waals surface area contributed by atoms with Crippen LogP contribution in [0.4, 0.5) is 10.2 Å². The number of halogens is 1. The Balaban J connectivity index is 2.03. The molecular weight excluding hydrogens is 329 g/mol. The molecule has 0 radical (unpaired) electrons. The van der Waals surface area contributed by atoms with Crippen LogP contribution in [0.25, 0.3) is 5.65 Å². The highest BCUT2D eigenvalue weighted by molar-refractivity contribution is 5.94. The molecule has 130 valence electrons. The number of carboxylic acid groups (broad SMARTS) is 1. The summed E-state index contributed by atoms with van der Waals surface area (Å²) in [5, 5.41) is 23.0. The molecule has 3 aromatic rings. The number of aromatic carboxylic acids is 1. The fourth-order valence-electron chi connectivity index (χ4n) is 2.47. The molecule has 0 aliphatic rings. The van der Waals surface area contributed by atoms with Gasteiger partial charge in [0.2, 0.25) is 5.88 Å². The normalized spacial score (nSPS) is 11.2. The van der Waals surface area contributed by atoms with E-state index in [1.165, 1.54) is 16.8 Å². The van der Waals surface area contributed by atoms with Crippen LogP contribution in [0.15, 0.2) is 30.7 Å². The standard InChI is InChI=1S/C16H16FN5O3/c1-9(2)21(8-10-5-11(17)6-18-15(10)23)13-3-4-22-14(20-13)12(7-19-22)16(24)25/h3-7,9H,8H2,1-2H3,(H,18,23)(H,24,25). The number of aromatic hydroxyl groups is 1. The lowest BCUT2D eigenvalue weighted by Crippen LogP contribution is -2.31. The summed E-state index contributed by atoms with van der Waals surface area (Å²) in [7, 11) is 0. The topological polar surface area (TPSA) is 104 Å². The predicted octanol–water partition coefficient (Wildman–Crippen LogP) is 2.08. The summed E-state index contributed by atoms with van der Waals surface area (Å²) >= 11 is 0. The Kier molecular flexibility index (Phi) is 4.22. The second-order valence-electron chi connectivity index (χ2n) is 5.78. The van der Waals surface area contributed by atoms with Crippen LogP contribution in [-0.4, -0.2) is 41.8 Å². The molecule has 0 aromatic carbocycles. The van der Waals surface area contributed by atoms with Crippen molar-refractivity contribution in [2.45, 2.75) is 26.4 Å². The van der Waals surface area contributed by atoms with Gasteiger partial charge in [0.05, 0.1) is 18.9 Å². The first-order valence-corrected chi connectivity index (χ1v) is 7.54. The zero-order chi connectivity index (χ0) is 18.1. The highest BCUT2D eigenvalue weighted by Gasteiger charge is 2.19. The summed E-state index contributed by atoms with van der Waals surface area (Å²) in [6.07, 6.45) is 3.77. The largest absolute Gasteiger partial charge is 0.493 e. The van der Waals surface area contributed by atoms with Crippen LogP contribution in [0.5, 0.6) is 5.88 Å². The van der Waals surface area contributed by atoms with Crippen LogP contribution >= 0.6 is 0 Å². The number of rotatable bonds is 5. The van der Waals surface area contributed by atoms with Crippen LogP contribution in [-0.2, 0) is 6.54 Å². The summed E-state index contributed by atoms with van der Waals surface area (Å²) in [6, 6.07) is 2.83. The second-order valence-corrected chi connectivity index (χ2v) is 5.78. The molecule has 0 bridgehead atoms. The van der Waals surface area contributed by atoms with Crippen LogP contribution in [0.1, 0.15) is 29.8 Å². The van der Waals surface area contributed by atoms with Gasteiger partial charge >= 0.3 is 5.97 Å². The maximum absolute atomic E-state index is 13.4. The second kappa shape index (κ2) is 6.34. The van der Waals surface area contributed by atoms with Crippen molar-refractivity contribution in [2.75, 3.05) is 4.90 Å². The maximum Gasteiger partial charge on any atom is 0.341 e. The van der Waals surface area contributed by atoms with E-state index in [0.29, 0.717) is 11.4 Å². The molecule has 0 fully saturated rings. The zero-order valence-corrected chi connectivity index (χ0v) is 13.6. The molecule has 0 aliphatic heterocycles. The van der Waals surface area contributed by atoms with E-state index in [1.807, 2.05) is 13.8 Å². The molecule has 9 heteroatoms. The van der Waals surface area contributed by atoms with Crippen LogP contribution in [0.2, 0.25) is 0 Å². The first-order chi connectivity index (χ1) is 11.9. The predicted molar refractivity (Wildman–Crippen MR) is 87.1 cm³/mol. The van der Waals surface area contributed by atoms with Crippen molar-refractivity contribution in [2.24, 2.45) is 0 Å². The fourth-order valence-corrected chi connectivity index (χ4v) is 2.47. The van der Waals surface area contributed by atoms with E-state index in [2.05, 4.69) is 15.1 Å². The third kappa shape index (κ3) is 3.21. The molecule has 25 heavy (non-hydrogen) atoms. The van der Waals surface area contributed by atoms with E-state index in [-0.39, 0.29) is 29.7 Å². The minimum absolute atomic E-state index is 0.0131. The Morgan fingerprint density at radius 2 is 2.16 bits per heavy atom. The third-order valence-corrected chi connectivity index (χ3v) is 3.75.